The molecule has 11 nitrogen and oxygen atoms in total. The molecule has 0 spiro atoms. The zero-order chi connectivity index (χ0) is 37.5. The number of ether oxygens (including phenoxy) is 2. The molecule has 3 aromatic carbocycles. The standard InChI is InChI=1S/C40H53N7O4Si/c1-9-16-30(23-24-51-52(39(2,3)4,31-17-12-10-13-18-31)32-19-14-11-15-20-32)43-36-35-33(44-37(45-36)46-38(48)50-8)26-42-47(35)27-28-25-29(40(5,6)41)21-22-34(28)49-7/h10-15,17-22,25-26,30H,9,16,23-24,27,41H2,1-8H3,(H2,43,44,45,46,48)/t30-/m0/s1. The van der Waals surface area contributed by atoms with Gasteiger partial charge in [0.05, 0.1) is 27.0 Å². The summed E-state index contributed by atoms with van der Waals surface area (Å²) >= 11 is 0. The molecule has 0 aliphatic rings. The SMILES string of the molecule is CCC[C@@H](CCO[Si](c1ccccc1)(c1ccccc1)C(C)(C)C)Nc1nc(NC(=O)OC)nc2cnn(Cc3cc(C(C)(C)N)ccc3OC)c12. The number of nitrogens with two attached hydrogens (primary N) is 1. The van der Waals surface area contributed by atoms with Crippen molar-refractivity contribution in [1.82, 2.24) is 19.7 Å². The molecule has 4 N–H and O–H groups in total. The van der Waals surface area contributed by atoms with Crippen molar-refractivity contribution in [3.05, 3.63) is 96.2 Å². The summed E-state index contributed by atoms with van der Waals surface area (Å²) in [7, 11) is 0.230. The van der Waals surface area contributed by atoms with Crippen molar-refractivity contribution in [3.8, 4) is 5.75 Å². The molecule has 0 saturated heterocycles. The molecule has 0 radical (unpaired) electrons. The average Bonchev–Trinajstić information content (AvgIpc) is 3.52. The number of carbonyl (C=O) groups is 1. The van der Waals surface area contributed by atoms with Gasteiger partial charge in [-0.05, 0) is 59.8 Å². The predicted octanol–water partition coefficient (Wildman–Crippen LogP) is 6.80. The summed E-state index contributed by atoms with van der Waals surface area (Å²) in [6.07, 6.45) is 3.54. The lowest BCUT2D eigenvalue weighted by atomic mass is 9.93. The monoisotopic (exact) mass is 723 g/mol. The second kappa shape index (κ2) is 16.3. The highest BCUT2D eigenvalue weighted by molar-refractivity contribution is 6.99. The molecular formula is C40H53N7O4Si. The lowest BCUT2D eigenvalue weighted by Crippen LogP contribution is -2.66. The number of methoxy groups -OCH3 is 2. The van der Waals surface area contributed by atoms with Gasteiger partial charge in [-0.2, -0.15) is 10.1 Å². The fraction of sp³-hybridized carbons (Fsp3) is 0.400. The normalized spacial score (nSPS) is 12.8. The van der Waals surface area contributed by atoms with Gasteiger partial charge in [-0.3, -0.25) is 10.00 Å². The summed E-state index contributed by atoms with van der Waals surface area (Å²) < 4.78 is 19.7. The number of nitrogens with one attached hydrogen (secondary N) is 2. The summed E-state index contributed by atoms with van der Waals surface area (Å²) in [5, 5.41) is 13.4. The van der Waals surface area contributed by atoms with Crippen LogP contribution in [0.2, 0.25) is 5.04 Å². The number of aromatic nitrogens is 4. The van der Waals surface area contributed by atoms with Crippen molar-refractivity contribution in [2.24, 2.45) is 5.73 Å². The van der Waals surface area contributed by atoms with Gasteiger partial charge in [0.15, 0.2) is 5.82 Å². The first-order valence-corrected chi connectivity index (χ1v) is 19.8. The van der Waals surface area contributed by atoms with Crippen LogP contribution in [0.4, 0.5) is 16.6 Å². The Hall–Kier alpha value is -4.78. The fourth-order valence-electron chi connectivity index (χ4n) is 6.83. The van der Waals surface area contributed by atoms with Crippen molar-refractivity contribution in [1.29, 1.82) is 0 Å². The molecule has 0 bridgehead atoms. The van der Waals surface area contributed by atoms with Crippen molar-refractivity contribution in [3.63, 3.8) is 0 Å². The lowest BCUT2D eigenvalue weighted by molar-refractivity contribution is 0.186. The van der Waals surface area contributed by atoms with E-state index in [4.69, 9.17) is 29.7 Å². The number of hydrogen-bond donors (Lipinski definition) is 3. The molecule has 5 aromatic rings. The first-order valence-electron chi connectivity index (χ1n) is 17.9. The Bertz CT molecular complexity index is 1900. The minimum Gasteiger partial charge on any atom is -0.496 e. The molecule has 276 valence electrons. The highest BCUT2D eigenvalue weighted by Gasteiger charge is 2.50. The van der Waals surface area contributed by atoms with Crippen LogP contribution in [0.3, 0.4) is 0 Å². The molecule has 0 unspecified atom stereocenters. The number of fused-ring (bicyclic) bond motifs is 1. The molecule has 1 amide bonds. The van der Waals surface area contributed by atoms with Gasteiger partial charge in [0.25, 0.3) is 8.32 Å². The largest absolute Gasteiger partial charge is 0.496 e. The van der Waals surface area contributed by atoms with E-state index in [1.807, 2.05) is 30.7 Å². The van der Waals surface area contributed by atoms with E-state index in [-0.39, 0.29) is 17.0 Å². The molecule has 0 saturated carbocycles. The zero-order valence-corrected chi connectivity index (χ0v) is 32.7. The molecule has 2 heterocycles. The first-order chi connectivity index (χ1) is 24.8. The topological polar surface area (TPSA) is 138 Å². The third kappa shape index (κ3) is 8.46. The van der Waals surface area contributed by atoms with Gasteiger partial charge >= 0.3 is 6.09 Å². The highest BCUT2D eigenvalue weighted by atomic mass is 28.4. The van der Waals surface area contributed by atoms with E-state index in [1.54, 1.807) is 13.3 Å². The first kappa shape index (κ1) is 38.4. The summed E-state index contributed by atoms with van der Waals surface area (Å²) in [6.45, 7) is 13.9. The average molecular weight is 724 g/mol. The second-order valence-electron chi connectivity index (χ2n) is 14.7. The van der Waals surface area contributed by atoms with Crippen molar-refractivity contribution in [2.45, 2.75) is 84.0 Å². The molecule has 0 aliphatic heterocycles. The Balaban J connectivity index is 1.51. The molecule has 2 aromatic heterocycles. The van der Waals surface area contributed by atoms with E-state index in [0.29, 0.717) is 30.0 Å². The number of rotatable bonds is 15. The van der Waals surface area contributed by atoms with Crippen LogP contribution in [0.25, 0.3) is 11.0 Å². The number of amides is 1. The number of benzene rings is 3. The molecule has 5 rings (SSSR count). The van der Waals surface area contributed by atoms with E-state index in [0.717, 1.165) is 36.1 Å². The van der Waals surface area contributed by atoms with Crippen LogP contribution < -0.4 is 31.5 Å². The van der Waals surface area contributed by atoms with Crippen LogP contribution in [-0.4, -0.2) is 61.0 Å². The van der Waals surface area contributed by atoms with Crippen molar-refractivity contribution in [2.75, 3.05) is 31.5 Å². The Morgan fingerprint density at radius 3 is 2.13 bits per heavy atom. The molecule has 0 fully saturated rings. The summed E-state index contributed by atoms with van der Waals surface area (Å²) in [5.74, 6) is 1.39. The van der Waals surface area contributed by atoms with Gasteiger partial charge in [-0.25, -0.2) is 9.78 Å². The van der Waals surface area contributed by atoms with Crippen molar-refractivity contribution >= 4 is 47.6 Å². The maximum absolute atomic E-state index is 12.2. The Labute approximate surface area is 308 Å². The molecule has 0 aliphatic carbocycles. The number of anilines is 2. The molecule has 12 heteroatoms. The van der Waals surface area contributed by atoms with Crippen LogP contribution in [0.5, 0.6) is 5.75 Å². The number of nitrogens with zero attached hydrogens (tertiary/aromatic N) is 4. The van der Waals surface area contributed by atoms with E-state index in [1.165, 1.54) is 17.5 Å². The number of hydrogen-bond acceptors (Lipinski definition) is 9. The predicted molar refractivity (Wildman–Crippen MR) is 211 cm³/mol. The third-order valence-corrected chi connectivity index (χ3v) is 14.5. The molecular weight excluding hydrogens is 671 g/mol. The van der Waals surface area contributed by atoms with Gasteiger partial charge in [0.2, 0.25) is 5.95 Å². The van der Waals surface area contributed by atoms with E-state index < -0.39 is 19.9 Å². The van der Waals surface area contributed by atoms with Gasteiger partial charge in [-0.15, -0.1) is 0 Å². The number of carbonyl (C=O) groups excluding carboxylic acids is 1. The van der Waals surface area contributed by atoms with Gasteiger partial charge in [0, 0.05) is 23.8 Å². The lowest BCUT2D eigenvalue weighted by Gasteiger charge is -2.43. The molecule has 1 atom stereocenters. The second-order valence-corrected chi connectivity index (χ2v) is 19.0. The van der Waals surface area contributed by atoms with Gasteiger partial charge < -0.3 is 25.0 Å². The van der Waals surface area contributed by atoms with E-state index in [9.17, 15) is 4.79 Å². The van der Waals surface area contributed by atoms with E-state index >= 15 is 0 Å². The van der Waals surface area contributed by atoms with Crippen LogP contribution >= 0.6 is 0 Å². The van der Waals surface area contributed by atoms with Crippen molar-refractivity contribution < 1.29 is 18.7 Å². The minimum atomic E-state index is -2.72. The van der Waals surface area contributed by atoms with Gasteiger partial charge in [-0.1, -0.05) is 101 Å². The smallest absolute Gasteiger partial charge is 0.413 e. The maximum Gasteiger partial charge on any atom is 0.413 e. The minimum absolute atomic E-state index is 0.00783. The molecule has 52 heavy (non-hydrogen) atoms. The third-order valence-electron chi connectivity index (χ3n) is 9.41. The Morgan fingerprint density at radius 2 is 1.58 bits per heavy atom. The Morgan fingerprint density at radius 1 is 0.923 bits per heavy atom. The fourth-order valence-corrected chi connectivity index (χ4v) is 11.4. The summed E-state index contributed by atoms with van der Waals surface area (Å²) in [5.41, 5.74) is 9.08. The van der Waals surface area contributed by atoms with E-state index in [2.05, 4.69) is 110 Å². The van der Waals surface area contributed by atoms with Crippen LogP contribution in [0.15, 0.2) is 85.1 Å². The van der Waals surface area contributed by atoms with Crippen LogP contribution in [0, 0.1) is 0 Å². The summed E-state index contributed by atoms with van der Waals surface area (Å²) in [4.78, 5) is 21.7. The Kier molecular flexibility index (Phi) is 12.0. The van der Waals surface area contributed by atoms with Gasteiger partial charge in [0.1, 0.15) is 16.8 Å². The zero-order valence-electron chi connectivity index (χ0n) is 31.7. The van der Waals surface area contributed by atoms with Crippen LogP contribution in [0.1, 0.15) is 71.9 Å². The highest BCUT2D eigenvalue weighted by Crippen LogP contribution is 2.37. The maximum atomic E-state index is 12.2. The quantitative estimate of drug-likeness (QED) is 0.0996. The van der Waals surface area contributed by atoms with Crippen LogP contribution in [-0.2, 0) is 21.2 Å². The summed E-state index contributed by atoms with van der Waals surface area (Å²) in [6, 6.07) is 27.3.